The van der Waals surface area contributed by atoms with Crippen LogP contribution in [0.3, 0.4) is 0 Å². The Labute approximate surface area is 141 Å². The number of aromatic hydroxyl groups is 2. The molecule has 2 rings (SSSR count). The van der Waals surface area contributed by atoms with Gasteiger partial charge in [-0.2, -0.15) is 0 Å². The molecule has 0 radical (unpaired) electrons. The maximum atomic E-state index is 9.59. The number of nitrogens with zero attached hydrogens (tertiary/aromatic N) is 1. The number of benzene rings is 2. The van der Waals surface area contributed by atoms with Crippen molar-refractivity contribution in [3.8, 4) is 17.2 Å². The van der Waals surface area contributed by atoms with Gasteiger partial charge in [-0.05, 0) is 47.9 Å². The summed E-state index contributed by atoms with van der Waals surface area (Å²) in [5.74, 6) is 1.29. The highest BCUT2D eigenvalue weighted by Crippen LogP contribution is 2.26. The predicted octanol–water partition coefficient (Wildman–Crippen LogP) is 3.41. The summed E-state index contributed by atoms with van der Waals surface area (Å²) in [6.45, 7) is 0.581. The molecule has 0 aliphatic carbocycles. The van der Waals surface area contributed by atoms with Crippen molar-refractivity contribution in [3.05, 3.63) is 59.7 Å². The monoisotopic (exact) mass is 327 g/mol. The molecule has 126 valence electrons. The Morgan fingerprint density at radius 2 is 1.83 bits per heavy atom. The van der Waals surface area contributed by atoms with E-state index in [9.17, 15) is 10.2 Å². The first kappa shape index (κ1) is 17.4. The summed E-state index contributed by atoms with van der Waals surface area (Å²) < 4.78 is 10.3. The van der Waals surface area contributed by atoms with Gasteiger partial charge in [0.2, 0.25) is 5.90 Å². The Morgan fingerprint density at radius 1 is 1.08 bits per heavy atom. The van der Waals surface area contributed by atoms with Crippen molar-refractivity contribution in [3.63, 3.8) is 0 Å². The summed E-state index contributed by atoms with van der Waals surface area (Å²) in [7, 11) is 3.08. The third-order valence-corrected chi connectivity index (χ3v) is 3.44. The maximum Gasteiger partial charge on any atom is 0.208 e. The van der Waals surface area contributed by atoms with Crippen LogP contribution in [0.1, 0.15) is 11.1 Å². The molecule has 0 saturated carbocycles. The fourth-order valence-electron chi connectivity index (χ4n) is 2.11. The molecule has 0 heterocycles. The fourth-order valence-corrected chi connectivity index (χ4v) is 2.11. The van der Waals surface area contributed by atoms with Crippen molar-refractivity contribution in [2.75, 3.05) is 20.8 Å². The molecule has 5 nitrogen and oxygen atoms in total. The number of rotatable bonds is 6. The molecule has 0 saturated heterocycles. The van der Waals surface area contributed by atoms with Gasteiger partial charge in [0, 0.05) is 12.6 Å². The normalized spacial score (nSPS) is 11.7. The lowest BCUT2D eigenvalue weighted by atomic mass is 10.1. The van der Waals surface area contributed by atoms with Crippen LogP contribution in [0.15, 0.2) is 53.5 Å². The minimum atomic E-state index is 0.101. The van der Waals surface area contributed by atoms with E-state index in [-0.39, 0.29) is 11.5 Å². The minimum Gasteiger partial charge on any atom is -0.508 e. The molecular formula is C19H21NO4. The van der Waals surface area contributed by atoms with E-state index >= 15 is 0 Å². The number of phenolic OH excluding ortho intramolecular Hbond substituents is 2. The Bertz CT molecular complexity index is 721. The fraction of sp³-hybridized carbons (Fsp3) is 0.211. The molecule has 24 heavy (non-hydrogen) atoms. The van der Waals surface area contributed by atoms with E-state index in [1.807, 2.05) is 18.2 Å². The zero-order valence-corrected chi connectivity index (χ0v) is 13.8. The average Bonchev–Trinajstić information content (AvgIpc) is 2.60. The van der Waals surface area contributed by atoms with Gasteiger partial charge in [0.1, 0.15) is 5.75 Å². The molecule has 2 N–H and O–H groups in total. The lowest BCUT2D eigenvalue weighted by Gasteiger charge is -2.04. The van der Waals surface area contributed by atoms with Gasteiger partial charge in [-0.15, -0.1) is 0 Å². The minimum absolute atomic E-state index is 0.101. The van der Waals surface area contributed by atoms with Gasteiger partial charge in [0.05, 0.1) is 14.2 Å². The molecule has 0 spiro atoms. The van der Waals surface area contributed by atoms with Crippen LogP contribution in [-0.4, -0.2) is 36.9 Å². The average molecular weight is 327 g/mol. The SMILES string of the molecule is COC(/C=C/c1ccc(O)c(OC)c1)=NCCc1ccc(O)cc1. The molecule has 0 fully saturated rings. The summed E-state index contributed by atoms with van der Waals surface area (Å²) in [5.41, 5.74) is 1.96. The number of methoxy groups -OCH3 is 2. The van der Waals surface area contributed by atoms with E-state index < -0.39 is 0 Å². The number of hydrogen-bond acceptors (Lipinski definition) is 5. The number of aliphatic imine (C=N–C) groups is 1. The second-order valence-corrected chi connectivity index (χ2v) is 5.11. The zero-order valence-electron chi connectivity index (χ0n) is 13.8. The van der Waals surface area contributed by atoms with E-state index in [0.29, 0.717) is 18.2 Å². The van der Waals surface area contributed by atoms with Crippen LogP contribution in [0.2, 0.25) is 0 Å². The van der Waals surface area contributed by atoms with Crippen molar-refractivity contribution >= 4 is 12.0 Å². The second-order valence-electron chi connectivity index (χ2n) is 5.11. The van der Waals surface area contributed by atoms with Crippen LogP contribution in [0.25, 0.3) is 6.08 Å². The van der Waals surface area contributed by atoms with Crippen LogP contribution in [-0.2, 0) is 11.2 Å². The van der Waals surface area contributed by atoms with Gasteiger partial charge in [-0.25, -0.2) is 0 Å². The quantitative estimate of drug-likeness (QED) is 0.630. The Kier molecular flexibility index (Phi) is 6.25. The molecular weight excluding hydrogens is 306 g/mol. The summed E-state index contributed by atoms with van der Waals surface area (Å²) in [6, 6.07) is 12.1. The van der Waals surface area contributed by atoms with E-state index in [4.69, 9.17) is 9.47 Å². The van der Waals surface area contributed by atoms with Crippen molar-refractivity contribution in [1.29, 1.82) is 0 Å². The highest BCUT2D eigenvalue weighted by Gasteiger charge is 2.01. The van der Waals surface area contributed by atoms with Crippen LogP contribution in [0.5, 0.6) is 17.2 Å². The first-order chi connectivity index (χ1) is 11.6. The van der Waals surface area contributed by atoms with Crippen LogP contribution >= 0.6 is 0 Å². The Hall–Kier alpha value is -2.95. The first-order valence-corrected chi connectivity index (χ1v) is 7.54. The van der Waals surface area contributed by atoms with Gasteiger partial charge < -0.3 is 19.7 Å². The van der Waals surface area contributed by atoms with Crippen molar-refractivity contribution < 1.29 is 19.7 Å². The number of hydrogen-bond donors (Lipinski definition) is 2. The van der Waals surface area contributed by atoms with E-state index in [2.05, 4.69) is 4.99 Å². The highest BCUT2D eigenvalue weighted by molar-refractivity contribution is 5.91. The van der Waals surface area contributed by atoms with E-state index in [1.165, 1.54) is 7.11 Å². The van der Waals surface area contributed by atoms with E-state index in [0.717, 1.165) is 17.5 Å². The largest absolute Gasteiger partial charge is 0.508 e. The van der Waals surface area contributed by atoms with Gasteiger partial charge in [0.25, 0.3) is 0 Å². The van der Waals surface area contributed by atoms with Gasteiger partial charge >= 0.3 is 0 Å². The molecule has 2 aromatic carbocycles. The lowest BCUT2D eigenvalue weighted by molar-refractivity contribution is 0.373. The Morgan fingerprint density at radius 3 is 2.50 bits per heavy atom. The molecule has 0 aliphatic rings. The second kappa shape index (κ2) is 8.62. The number of phenols is 2. The molecule has 0 aliphatic heterocycles. The van der Waals surface area contributed by atoms with Crippen molar-refractivity contribution in [1.82, 2.24) is 0 Å². The zero-order chi connectivity index (χ0) is 17.4. The predicted molar refractivity (Wildman–Crippen MR) is 94.8 cm³/mol. The smallest absolute Gasteiger partial charge is 0.208 e. The number of ether oxygens (including phenoxy) is 2. The maximum absolute atomic E-state index is 9.59. The summed E-state index contributed by atoms with van der Waals surface area (Å²) >= 11 is 0. The lowest BCUT2D eigenvalue weighted by Crippen LogP contribution is -2.00. The van der Waals surface area contributed by atoms with Crippen LogP contribution in [0, 0.1) is 0 Å². The topological polar surface area (TPSA) is 71.3 Å². The molecule has 5 heteroatoms. The third-order valence-electron chi connectivity index (χ3n) is 3.44. The standard InChI is InChI=1S/C19H21NO4/c1-23-18-13-15(5-9-17(18)22)6-10-19(24-2)20-12-11-14-3-7-16(21)8-4-14/h3-10,13,21-22H,11-12H2,1-2H3/b10-6+,20-19?. The van der Waals surface area contributed by atoms with Crippen molar-refractivity contribution in [2.24, 2.45) is 4.99 Å². The van der Waals surface area contributed by atoms with Gasteiger partial charge in [-0.1, -0.05) is 18.2 Å². The summed E-state index contributed by atoms with van der Waals surface area (Å²) in [4.78, 5) is 4.40. The Balaban J connectivity index is 1.98. The van der Waals surface area contributed by atoms with Gasteiger partial charge in [0.15, 0.2) is 11.5 Å². The van der Waals surface area contributed by atoms with Crippen LogP contribution in [0.4, 0.5) is 0 Å². The first-order valence-electron chi connectivity index (χ1n) is 7.54. The molecule has 0 bridgehead atoms. The van der Waals surface area contributed by atoms with Gasteiger partial charge in [-0.3, -0.25) is 4.99 Å². The molecule has 2 aromatic rings. The molecule has 0 amide bonds. The molecule has 0 atom stereocenters. The third kappa shape index (κ3) is 5.05. The summed E-state index contributed by atoms with van der Waals surface area (Å²) in [5, 5.41) is 18.8. The van der Waals surface area contributed by atoms with E-state index in [1.54, 1.807) is 43.5 Å². The van der Waals surface area contributed by atoms with Crippen LogP contribution < -0.4 is 4.74 Å². The van der Waals surface area contributed by atoms with Crippen molar-refractivity contribution in [2.45, 2.75) is 6.42 Å². The highest BCUT2D eigenvalue weighted by atomic mass is 16.5. The molecule has 0 aromatic heterocycles. The molecule has 0 unspecified atom stereocenters. The summed E-state index contributed by atoms with van der Waals surface area (Å²) in [6.07, 6.45) is 4.36.